The third-order valence-corrected chi connectivity index (χ3v) is 4.84. The van der Waals surface area contributed by atoms with Crippen LogP contribution in [0.3, 0.4) is 0 Å². The monoisotopic (exact) mass is 288 g/mol. The molecule has 0 spiro atoms. The van der Waals surface area contributed by atoms with Crippen molar-refractivity contribution in [3.8, 4) is 0 Å². The van der Waals surface area contributed by atoms with Crippen molar-refractivity contribution in [2.24, 2.45) is 5.41 Å². The zero-order valence-corrected chi connectivity index (χ0v) is 14.6. The minimum atomic E-state index is 0.310. The van der Waals surface area contributed by atoms with E-state index < -0.39 is 0 Å². The molecule has 118 valence electrons. The first-order valence-electron chi connectivity index (χ1n) is 8.40. The van der Waals surface area contributed by atoms with Crippen molar-refractivity contribution >= 4 is 0 Å². The van der Waals surface area contributed by atoms with E-state index in [4.69, 9.17) is 0 Å². The molecule has 1 N–H and O–H groups in total. The largest absolute Gasteiger partial charge is 0.308 e. The summed E-state index contributed by atoms with van der Waals surface area (Å²) in [4.78, 5) is 2.56. The van der Waals surface area contributed by atoms with Crippen LogP contribution in [0.15, 0.2) is 24.3 Å². The second-order valence-electron chi connectivity index (χ2n) is 7.68. The standard InChI is InChI=1S/C19H32N2/c1-14(2)21(15(3)4)12-11-20-18-17-10-8-7-9-16(17)13-19(18,5)6/h7-10,14-15,18,20H,11-13H2,1-6H3. The summed E-state index contributed by atoms with van der Waals surface area (Å²) in [6.45, 7) is 16.1. The summed E-state index contributed by atoms with van der Waals surface area (Å²) in [7, 11) is 0. The van der Waals surface area contributed by atoms with E-state index in [1.165, 1.54) is 17.5 Å². The van der Waals surface area contributed by atoms with Crippen molar-refractivity contribution in [2.45, 2.75) is 66.1 Å². The Balaban J connectivity index is 1.99. The number of benzene rings is 1. The highest BCUT2D eigenvalue weighted by Gasteiger charge is 2.38. The van der Waals surface area contributed by atoms with Gasteiger partial charge >= 0.3 is 0 Å². The van der Waals surface area contributed by atoms with Crippen molar-refractivity contribution in [3.05, 3.63) is 35.4 Å². The summed E-state index contributed by atoms with van der Waals surface area (Å²) in [5.41, 5.74) is 3.33. The van der Waals surface area contributed by atoms with Gasteiger partial charge in [0, 0.05) is 31.2 Å². The molecule has 2 rings (SSSR count). The van der Waals surface area contributed by atoms with E-state index >= 15 is 0 Å². The first-order valence-corrected chi connectivity index (χ1v) is 8.40. The van der Waals surface area contributed by atoms with Gasteiger partial charge in [0.1, 0.15) is 0 Å². The van der Waals surface area contributed by atoms with Crippen LogP contribution in [0.2, 0.25) is 0 Å². The Morgan fingerprint density at radius 1 is 1.14 bits per heavy atom. The predicted molar refractivity (Wildman–Crippen MR) is 91.6 cm³/mol. The van der Waals surface area contributed by atoms with Crippen molar-refractivity contribution in [2.75, 3.05) is 13.1 Å². The van der Waals surface area contributed by atoms with Crippen LogP contribution in [0.25, 0.3) is 0 Å². The predicted octanol–water partition coefficient (Wildman–Crippen LogP) is 4.02. The van der Waals surface area contributed by atoms with Crippen LogP contribution < -0.4 is 5.32 Å². The third-order valence-electron chi connectivity index (χ3n) is 4.84. The number of nitrogens with zero attached hydrogens (tertiary/aromatic N) is 1. The maximum atomic E-state index is 3.83. The van der Waals surface area contributed by atoms with Crippen molar-refractivity contribution in [1.29, 1.82) is 0 Å². The van der Waals surface area contributed by atoms with E-state index in [1.54, 1.807) is 0 Å². The zero-order valence-electron chi connectivity index (χ0n) is 14.6. The van der Waals surface area contributed by atoms with E-state index in [2.05, 4.69) is 76.0 Å². The zero-order chi connectivity index (χ0) is 15.6. The SMILES string of the molecule is CC(C)N(CCNC1c2ccccc2CC1(C)C)C(C)C. The van der Waals surface area contributed by atoms with Gasteiger partial charge in [-0.05, 0) is 50.7 Å². The quantitative estimate of drug-likeness (QED) is 0.850. The second-order valence-corrected chi connectivity index (χ2v) is 7.68. The first kappa shape index (κ1) is 16.5. The normalized spacial score (nSPS) is 20.5. The molecule has 21 heavy (non-hydrogen) atoms. The first-order chi connectivity index (χ1) is 9.83. The van der Waals surface area contributed by atoms with Crippen LogP contribution in [0.4, 0.5) is 0 Å². The number of hydrogen-bond acceptors (Lipinski definition) is 2. The van der Waals surface area contributed by atoms with E-state index in [1.807, 2.05) is 0 Å². The molecule has 2 nitrogen and oxygen atoms in total. The molecule has 0 saturated carbocycles. The molecule has 1 aromatic carbocycles. The molecule has 0 aromatic heterocycles. The van der Waals surface area contributed by atoms with Gasteiger partial charge in [0.15, 0.2) is 0 Å². The number of hydrogen-bond donors (Lipinski definition) is 1. The molecule has 1 aliphatic rings. The second kappa shape index (κ2) is 6.50. The minimum absolute atomic E-state index is 0.310. The van der Waals surface area contributed by atoms with Gasteiger partial charge in [-0.3, -0.25) is 4.90 Å². The van der Waals surface area contributed by atoms with Crippen LogP contribution in [0, 0.1) is 5.41 Å². The number of nitrogens with one attached hydrogen (secondary N) is 1. The van der Waals surface area contributed by atoms with Crippen LogP contribution in [0.5, 0.6) is 0 Å². The smallest absolute Gasteiger partial charge is 0.0378 e. The average molecular weight is 288 g/mol. The molecule has 0 heterocycles. The fraction of sp³-hybridized carbons (Fsp3) is 0.684. The average Bonchev–Trinajstić information content (AvgIpc) is 2.64. The molecule has 1 aliphatic carbocycles. The summed E-state index contributed by atoms with van der Waals surface area (Å²) in [6.07, 6.45) is 1.18. The maximum Gasteiger partial charge on any atom is 0.0378 e. The highest BCUT2D eigenvalue weighted by atomic mass is 15.2. The Bertz CT molecular complexity index is 454. The molecule has 0 radical (unpaired) electrons. The van der Waals surface area contributed by atoms with E-state index in [0.29, 0.717) is 23.5 Å². The van der Waals surface area contributed by atoms with Gasteiger partial charge in [0.25, 0.3) is 0 Å². The summed E-state index contributed by atoms with van der Waals surface area (Å²) in [5, 5.41) is 3.83. The Kier molecular flexibility index (Phi) is 5.11. The third kappa shape index (κ3) is 3.67. The van der Waals surface area contributed by atoms with Crippen molar-refractivity contribution < 1.29 is 0 Å². The molecule has 1 atom stereocenters. The van der Waals surface area contributed by atoms with Gasteiger partial charge in [-0.25, -0.2) is 0 Å². The number of rotatable bonds is 6. The van der Waals surface area contributed by atoms with Crippen molar-refractivity contribution in [3.63, 3.8) is 0 Å². The molecule has 0 fully saturated rings. The lowest BCUT2D eigenvalue weighted by Crippen LogP contribution is -2.43. The molecule has 0 amide bonds. The van der Waals surface area contributed by atoms with E-state index in [0.717, 1.165) is 13.1 Å². The fourth-order valence-electron chi connectivity index (χ4n) is 3.83. The van der Waals surface area contributed by atoms with Gasteiger partial charge < -0.3 is 5.32 Å². The van der Waals surface area contributed by atoms with Gasteiger partial charge in [-0.2, -0.15) is 0 Å². The van der Waals surface area contributed by atoms with Gasteiger partial charge in [0.05, 0.1) is 0 Å². The fourth-order valence-corrected chi connectivity index (χ4v) is 3.83. The van der Waals surface area contributed by atoms with Crippen LogP contribution in [0.1, 0.15) is 58.7 Å². The molecule has 2 heteroatoms. The lowest BCUT2D eigenvalue weighted by molar-refractivity contribution is 0.166. The molecular weight excluding hydrogens is 256 g/mol. The van der Waals surface area contributed by atoms with E-state index in [-0.39, 0.29) is 0 Å². The van der Waals surface area contributed by atoms with Crippen molar-refractivity contribution in [1.82, 2.24) is 10.2 Å². The lowest BCUT2D eigenvalue weighted by Gasteiger charge is -2.33. The highest BCUT2D eigenvalue weighted by molar-refractivity contribution is 5.37. The van der Waals surface area contributed by atoms with Gasteiger partial charge in [-0.15, -0.1) is 0 Å². The summed E-state index contributed by atoms with van der Waals surface area (Å²) >= 11 is 0. The molecule has 1 aromatic rings. The number of fused-ring (bicyclic) bond motifs is 1. The minimum Gasteiger partial charge on any atom is -0.308 e. The van der Waals surface area contributed by atoms with Gasteiger partial charge in [0.2, 0.25) is 0 Å². The molecule has 1 unspecified atom stereocenters. The van der Waals surface area contributed by atoms with Crippen LogP contribution in [-0.2, 0) is 6.42 Å². The molecular formula is C19H32N2. The maximum absolute atomic E-state index is 3.83. The molecule has 0 aliphatic heterocycles. The summed E-state index contributed by atoms with van der Waals surface area (Å²) in [6, 6.07) is 10.6. The molecule has 0 bridgehead atoms. The van der Waals surface area contributed by atoms with Crippen LogP contribution >= 0.6 is 0 Å². The van der Waals surface area contributed by atoms with Crippen LogP contribution in [-0.4, -0.2) is 30.1 Å². The highest BCUT2D eigenvalue weighted by Crippen LogP contribution is 2.44. The summed E-state index contributed by atoms with van der Waals surface area (Å²) < 4.78 is 0. The topological polar surface area (TPSA) is 15.3 Å². The van der Waals surface area contributed by atoms with E-state index in [9.17, 15) is 0 Å². The lowest BCUT2D eigenvalue weighted by atomic mass is 9.85. The Morgan fingerprint density at radius 3 is 2.38 bits per heavy atom. The Labute approximate surface area is 130 Å². The Hall–Kier alpha value is -0.860. The molecule has 0 saturated heterocycles. The Morgan fingerprint density at radius 2 is 1.76 bits per heavy atom. The summed E-state index contributed by atoms with van der Waals surface area (Å²) in [5.74, 6) is 0. The van der Waals surface area contributed by atoms with Gasteiger partial charge in [-0.1, -0.05) is 38.1 Å².